The zero-order valence-corrected chi connectivity index (χ0v) is 17.2. The van der Waals surface area contributed by atoms with Crippen molar-refractivity contribution < 1.29 is 9.53 Å². The van der Waals surface area contributed by atoms with Gasteiger partial charge in [0.15, 0.2) is 0 Å². The second kappa shape index (κ2) is 8.14. The van der Waals surface area contributed by atoms with Gasteiger partial charge in [-0.25, -0.2) is 0 Å². The van der Waals surface area contributed by atoms with E-state index in [1.165, 1.54) is 11.1 Å². The molecule has 0 bridgehead atoms. The van der Waals surface area contributed by atoms with Crippen LogP contribution in [0.5, 0.6) is 5.75 Å². The number of rotatable bonds is 4. The predicted octanol–water partition coefficient (Wildman–Crippen LogP) is 4.19. The molecule has 2 aromatic carbocycles. The van der Waals surface area contributed by atoms with Gasteiger partial charge in [0.1, 0.15) is 5.75 Å². The third-order valence-electron chi connectivity index (χ3n) is 6.32. The molecule has 2 heterocycles. The van der Waals surface area contributed by atoms with Crippen molar-refractivity contribution in [3.63, 3.8) is 0 Å². The molecule has 4 rings (SSSR count). The molecule has 28 heavy (non-hydrogen) atoms. The SMILES string of the molecule is COc1ccc([C@@H]2CN(C(C)=O)[C@H]3CCN(Cc4ccccc4Cl)C[C@@H]23)cc1. The molecule has 2 aliphatic rings. The predicted molar refractivity (Wildman–Crippen MR) is 112 cm³/mol. The van der Waals surface area contributed by atoms with E-state index in [1.807, 2.05) is 30.3 Å². The largest absolute Gasteiger partial charge is 0.497 e. The number of halogens is 1. The normalized spacial score (nSPS) is 24.8. The Kier molecular flexibility index (Phi) is 5.61. The van der Waals surface area contributed by atoms with Crippen LogP contribution in [0.2, 0.25) is 5.02 Å². The van der Waals surface area contributed by atoms with Gasteiger partial charge in [-0.3, -0.25) is 9.69 Å². The van der Waals surface area contributed by atoms with Gasteiger partial charge in [0.25, 0.3) is 0 Å². The molecule has 5 heteroatoms. The highest BCUT2D eigenvalue weighted by molar-refractivity contribution is 6.31. The van der Waals surface area contributed by atoms with Gasteiger partial charge in [0, 0.05) is 56.0 Å². The molecular weight excluding hydrogens is 372 g/mol. The lowest BCUT2D eigenvalue weighted by atomic mass is 9.81. The Morgan fingerprint density at radius 3 is 2.57 bits per heavy atom. The number of methoxy groups -OCH3 is 1. The third-order valence-corrected chi connectivity index (χ3v) is 6.68. The van der Waals surface area contributed by atoms with E-state index < -0.39 is 0 Å². The van der Waals surface area contributed by atoms with Crippen LogP contribution in [-0.4, -0.2) is 48.5 Å². The van der Waals surface area contributed by atoms with E-state index in [0.717, 1.165) is 43.4 Å². The Morgan fingerprint density at radius 1 is 1.14 bits per heavy atom. The molecule has 0 radical (unpaired) electrons. The number of nitrogens with zero attached hydrogens (tertiary/aromatic N) is 2. The maximum Gasteiger partial charge on any atom is 0.219 e. The molecule has 4 nitrogen and oxygen atoms in total. The maximum absolute atomic E-state index is 12.3. The van der Waals surface area contributed by atoms with Crippen LogP contribution in [0.1, 0.15) is 30.4 Å². The minimum absolute atomic E-state index is 0.186. The minimum Gasteiger partial charge on any atom is -0.497 e. The lowest BCUT2D eigenvalue weighted by Crippen LogP contribution is -2.47. The highest BCUT2D eigenvalue weighted by Crippen LogP contribution is 2.42. The first-order chi connectivity index (χ1) is 13.6. The number of ether oxygens (including phenoxy) is 1. The van der Waals surface area contributed by atoms with Crippen LogP contribution in [0.3, 0.4) is 0 Å². The monoisotopic (exact) mass is 398 g/mol. The Labute approximate surface area is 172 Å². The smallest absolute Gasteiger partial charge is 0.219 e. The lowest BCUT2D eigenvalue weighted by molar-refractivity contribution is -0.130. The number of hydrogen-bond acceptors (Lipinski definition) is 3. The highest BCUT2D eigenvalue weighted by atomic mass is 35.5. The van der Waals surface area contributed by atoms with Gasteiger partial charge >= 0.3 is 0 Å². The van der Waals surface area contributed by atoms with Crippen LogP contribution < -0.4 is 4.74 Å². The van der Waals surface area contributed by atoms with E-state index in [1.54, 1.807) is 14.0 Å². The fourth-order valence-electron chi connectivity index (χ4n) is 4.88. The zero-order chi connectivity index (χ0) is 19.7. The van der Waals surface area contributed by atoms with Crippen molar-refractivity contribution in [2.75, 3.05) is 26.7 Å². The quantitative estimate of drug-likeness (QED) is 0.774. The summed E-state index contributed by atoms with van der Waals surface area (Å²) < 4.78 is 5.31. The Bertz CT molecular complexity index is 839. The number of amides is 1. The molecule has 3 atom stereocenters. The van der Waals surface area contributed by atoms with Gasteiger partial charge in [0.05, 0.1) is 7.11 Å². The molecule has 1 amide bonds. The molecule has 2 aromatic rings. The van der Waals surface area contributed by atoms with Crippen LogP contribution in [0.25, 0.3) is 0 Å². The zero-order valence-electron chi connectivity index (χ0n) is 16.5. The second-order valence-electron chi connectivity index (χ2n) is 7.90. The first kappa shape index (κ1) is 19.3. The van der Waals surface area contributed by atoms with Gasteiger partial charge < -0.3 is 9.64 Å². The first-order valence-electron chi connectivity index (χ1n) is 9.93. The second-order valence-corrected chi connectivity index (χ2v) is 8.30. The van der Waals surface area contributed by atoms with Crippen LogP contribution in [0, 0.1) is 5.92 Å². The van der Waals surface area contributed by atoms with Crippen molar-refractivity contribution in [1.29, 1.82) is 0 Å². The van der Waals surface area contributed by atoms with Gasteiger partial charge in [-0.1, -0.05) is 41.9 Å². The average molecular weight is 399 g/mol. The number of benzene rings is 2. The summed E-state index contributed by atoms with van der Waals surface area (Å²) in [4.78, 5) is 16.8. The van der Waals surface area contributed by atoms with Crippen LogP contribution in [0.15, 0.2) is 48.5 Å². The van der Waals surface area contributed by atoms with Crippen molar-refractivity contribution in [3.05, 3.63) is 64.7 Å². The summed E-state index contributed by atoms with van der Waals surface area (Å²) in [6, 6.07) is 16.7. The molecule has 2 saturated heterocycles. The van der Waals surface area contributed by atoms with E-state index in [-0.39, 0.29) is 5.91 Å². The summed E-state index contributed by atoms with van der Waals surface area (Å²) >= 11 is 6.38. The highest BCUT2D eigenvalue weighted by Gasteiger charge is 2.46. The Balaban J connectivity index is 1.56. The molecule has 0 saturated carbocycles. The summed E-state index contributed by atoms with van der Waals surface area (Å²) in [5, 5.41) is 0.827. The summed E-state index contributed by atoms with van der Waals surface area (Å²) in [7, 11) is 1.69. The molecule has 2 aliphatic heterocycles. The van der Waals surface area contributed by atoms with E-state index >= 15 is 0 Å². The Morgan fingerprint density at radius 2 is 1.89 bits per heavy atom. The number of carbonyl (C=O) groups excluding carboxylic acids is 1. The van der Waals surface area contributed by atoms with Crippen LogP contribution in [-0.2, 0) is 11.3 Å². The molecule has 0 N–H and O–H groups in total. The van der Waals surface area contributed by atoms with Crippen molar-refractivity contribution in [1.82, 2.24) is 9.80 Å². The summed E-state index contributed by atoms with van der Waals surface area (Å²) in [5.74, 6) is 1.85. The van der Waals surface area contributed by atoms with Gasteiger partial charge in [-0.2, -0.15) is 0 Å². The minimum atomic E-state index is 0.186. The van der Waals surface area contributed by atoms with Crippen molar-refractivity contribution in [2.24, 2.45) is 5.92 Å². The van der Waals surface area contributed by atoms with Crippen molar-refractivity contribution in [3.8, 4) is 5.75 Å². The topological polar surface area (TPSA) is 32.8 Å². The van der Waals surface area contributed by atoms with E-state index in [0.29, 0.717) is 17.9 Å². The first-order valence-corrected chi connectivity index (χ1v) is 10.3. The molecule has 148 valence electrons. The maximum atomic E-state index is 12.3. The molecule has 0 unspecified atom stereocenters. The standard InChI is InChI=1S/C23H27ClN2O2/c1-16(27)26-15-20(17-7-9-19(28-2)10-8-17)21-14-25(12-11-23(21)26)13-18-5-3-4-6-22(18)24/h3-10,20-21,23H,11-15H2,1-2H3/t20-,21-,23-/m0/s1. The fourth-order valence-corrected chi connectivity index (χ4v) is 5.08. The van der Waals surface area contributed by atoms with E-state index in [4.69, 9.17) is 16.3 Å². The molecule has 0 aliphatic carbocycles. The number of carbonyl (C=O) groups is 1. The molecule has 0 spiro atoms. The number of fused-ring (bicyclic) bond motifs is 1. The summed E-state index contributed by atoms with van der Waals surface area (Å²) in [6.45, 7) is 5.33. The van der Waals surface area contributed by atoms with Gasteiger partial charge in [0.2, 0.25) is 5.91 Å². The number of piperidine rings is 1. The fraction of sp³-hybridized carbons (Fsp3) is 0.435. The molecular formula is C23H27ClN2O2. The van der Waals surface area contributed by atoms with Gasteiger partial charge in [-0.15, -0.1) is 0 Å². The van der Waals surface area contributed by atoms with E-state index in [9.17, 15) is 4.79 Å². The lowest BCUT2D eigenvalue weighted by Gasteiger charge is -2.39. The molecule has 0 aromatic heterocycles. The van der Waals surface area contributed by atoms with Crippen molar-refractivity contribution in [2.45, 2.75) is 31.8 Å². The number of likely N-dealkylation sites (tertiary alicyclic amines) is 2. The summed E-state index contributed by atoms with van der Waals surface area (Å²) in [5.41, 5.74) is 2.46. The van der Waals surface area contributed by atoms with Crippen LogP contribution in [0.4, 0.5) is 0 Å². The third kappa shape index (κ3) is 3.76. The van der Waals surface area contributed by atoms with Gasteiger partial charge in [-0.05, 0) is 35.7 Å². The average Bonchev–Trinajstić information content (AvgIpc) is 3.09. The van der Waals surface area contributed by atoms with Crippen molar-refractivity contribution >= 4 is 17.5 Å². The van der Waals surface area contributed by atoms with E-state index in [2.05, 4.69) is 28.0 Å². The number of hydrogen-bond donors (Lipinski definition) is 0. The Hall–Kier alpha value is -2.04. The molecule has 2 fully saturated rings. The van der Waals surface area contributed by atoms with Crippen LogP contribution >= 0.6 is 11.6 Å². The summed E-state index contributed by atoms with van der Waals surface area (Å²) in [6.07, 6.45) is 1.02.